The maximum atomic E-state index is 14.0. The van der Waals surface area contributed by atoms with E-state index in [-0.39, 0.29) is 29.5 Å². The Labute approximate surface area is 205 Å². The van der Waals surface area contributed by atoms with Crippen LogP contribution in [-0.2, 0) is 0 Å². The van der Waals surface area contributed by atoms with Crippen LogP contribution in [0.15, 0.2) is 54.7 Å². The van der Waals surface area contributed by atoms with Crippen LogP contribution < -0.4 is 15.0 Å². The minimum absolute atomic E-state index is 0.0577. The Morgan fingerprint density at radius 3 is 2.47 bits per heavy atom. The third kappa shape index (κ3) is 4.57. The quantitative estimate of drug-likeness (QED) is 0.525. The number of nitrogens with zero attached hydrogens (tertiary/aromatic N) is 4. The van der Waals surface area contributed by atoms with Gasteiger partial charge < -0.3 is 19.9 Å². The number of nitrogens with one attached hydrogen (secondary N) is 1. The van der Waals surface area contributed by atoms with Crippen LogP contribution in [0.4, 0.5) is 29.1 Å². The maximum absolute atomic E-state index is 14.0. The van der Waals surface area contributed by atoms with Gasteiger partial charge in [0.1, 0.15) is 22.9 Å². The van der Waals surface area contributed by atoms with E-state index in [0.29, 0.717) is 37.5 Å². The van der Waals surface area contributed by atoms with E-state index in [1.165, 1.54) is 25.4 Å². The lowest BCUT2D eigenvalue weighted by Crippen LogP contribution is -2.49. The van der Waals surface area contributed by atoms with E-state index >= 15 is 0 Å². The van der Waals surface area contributed by atoms with Crippen LogP contribution >= 0.6 is 0 Å². The number of hydrogen-bond donors (Lipinski definition) is 1. The van der Waals surface area contributed by atoms with Crippen molar-refractivity contribution >= 4 is 17.4 Å². The van der Waals surface area contributed by atoms with Gasteiger partial charge in [0.05, 0.1) is 19.3 Å². The zero-order chi connectivity index (χ0) is 25.4. The van der Waals surface area contributed by atoms with Gasteiger partial charge in [-0.3, -0.25) is 4.79 Å². The number of amides is 1. The van der Waals surface area contributed by atoms with Gasteiger partial charge in [0.15, 0.2) is 6.04 Å². The molecule has 0 saturated carbocycles. The molecule has 1 aromatic heterocycles. The van der Waals surface area contributed by atoms with Crippen LogP contribution in [0.25, 0.3) is 0 Å². The number of hydrogen-bond acceptors (Lipinski definition) is 5. The summed E-state index contributed by atoms with van der Waals surface area (Å²) in [7, 11) is 1.49. The van der Waals surface area contributed by atoms with Gasteiger partial charge in [-0.05, 0) is 42.0 Å². The first kappa shape index (κ1) is 24.0. The van der Waals surface area contributed by atoms with Gasteiger partial charge in [-0.15, -0.1) is 0 Å². The number of piperazine rings is 1. The predicted octanol–water partition coefficient (Wildman–Crippen LogP) is 4.65. The van der Waals surface area contributed by atoms with E-state index < -0.39 is 18.3 Å². The summed E-state index contributed by atoms with van der Waals surface area (Å²) in [6, 6.07) is 10.4. The zero-order valence-electron chi connectivity index (χ0n) is 19.5. The average molecular weight is 504 g/mol. The number of ether oxygens (including phenoxy) is 1. The van der Waals surface area contributed by atoms with Crippen LogP contribution in [0, 0.1) is 5.82 Å². The molecule has 0 aliphatic carbocycles. The third-order valence-corrected chi connectivity index (χ3v) is 6.72. The number of benzene rings is 2. The Kier molecular flexibility index (Phi) is 6.23. The van der Waals surface area contributed by atoms with Crippen molar-refractivity contribution < 1.29 is 27.1 Å². The Balaban J connectivity index is 1.38. The highest BCUT2D eigenvalue weighted by molar-refractivity contribution is 5.99. The van der Waals surface area contributed by atoms with Gasteiger partial charge in [0.2, 0.25) is 0 Å². The van der Waals surface area contributed by atoms with Crippen molar-refractivity contribution in [2.24, 2.45) is 0 Å². The first-order valence-electron chi connectivity index (χ1n) is 11.6. The zero-order valence-corrected chi connectivity index (χ0v) is 19.5. The van der Waals surface area contributed by atoms with Crippen molar-refractivity contribution in [1.29, 1.82) is 0 Å². The number of alkyl halides is 3. The van der Waals surface area contributed by atoms with E-state index in [4.69, 9.17) is 4.74 Å². The molecule has 3 aromatic rings. The molecule has 2 aliphatic rings. The predicted molar refractivity (Wildman–Crippen MR) is 126 cm³/mol. The molecule has 1 saturated heterocycles. The lowest BCUT2D eigenvalue weighted by atomic mass is 9.96. The smallest absolute Gasteiger partial charge is 0.410 e. The van der Waals surface area contributed by atoms with Gasteiger partial charge >= 0.3 is 6.18 Å². The molecule has 0 bridgehead atoms. The fourth-order valence-corrected chi connectivity index (χ4v) is 4.79. The molecule has 0 spiro atoms. The molecule has 1 amide bonds. The minimum atomic E-state index is -4.54. The van der Waals surface area contributed by atoms with Gasteiger partial charge in [-0.2, -0.15) is 18.3 Å². The highest BCUT2D eigenvalue weighted by atomic mass is 19.4. The number of aromatic nitrogens is 2. The Morgan fingerprint density at radius 1 is 1.08 bits per heavy atom. The van der Waals surface area contributed by atoms with Crippen molar-refractivity contribution in [1.82, 2.24) is 14.7 Å². The van der Waals surface area contributed by atoms with Gasteiger partial charge in [-0.1, -0.05) is 12.1 Å². The van der Waals surface area contributed by atoms with E-state index in [1.807, 2.05) is 4.90 Å². The number of carbonyl (C=O) groups excluding carboxylic acids is 1. The summed E-state index contributed by atoms with van der Waals surface area (Å²) in [4.78, 5) is 17.0. The second-order valence-corrected chi connectivity index (χ2v) is 8.87. The molecule has 0 radical (unpaired) electrons. The normalized spacial score (nSPS) is 20.0. The van der Waals surface area contributed by atoms with Crippen LogP contribution in [0.1, 0.15) is 34.4 Å². The fourth-order valence-electron chi connectivity index (χ4n) is 4.79. The molecule has 2 atom stereocenters. The van der Waals surface area contributed by atoms with E-state index in [1.54, 1.807) is 41.3 Å². The number of carbonyl (C=O) groups is 1. The molecule has 2 aromatic carbocycles. The fraction of sp³-hybridized carbons (Fsp3) is 0.360. The second kappa shape index (κ2) is 9.36. The molecule has 190 valence electrons. The second-order valence-electron chi connectivity index (χ2n) is 8.87. The van der Waals surface area contributed by atoms with Gasteiger partial charge in [0, 0.05) is 38.3 Å². The van der Waals surface area contributed by atoms with Crippen LogP contribution in [0.2, 0.25) is 0 Å². The Morgan fingerprint density at radius 2 is 1.81 bits per heavy atom. The summed E-state index contributed by atoms with van der Waals surface area (Å²) in [6.07, 6.45) is -3.60. The summed E-state index contributed by atoms with van der Waals surface area (Å²) in [6.45, 7) is 1.80. The lowest BCUT2D eigenvalue weighted by molar-refractivity contribution is -0.173. The molecule has 5 rings (SSSR count). The lowest BCUT2D eigenvalue weighted by Gasteiger charge is -2.37. The number of fused-ring (bicyclic) bond motifs is 1. The summed E-state index contributed by atoms with van der Waals surface area (Å²) < 4.78 is 61.4. The molecule has 1 fully saturated rings. The number of rotatable bonds is 4. The standard InChI is InChI=1S/C25H25F4N5O2/c1-36-19-4-2-3-16(13-19)21-14-22(25(27,28)29)34-23(31-21)20(15-30-34)24(35)33-11-9-32(10-12-33)18-7-5-17(26)6-8-18/h2-8,13,15,21-22,31H,9-12,14H2,1H3/t21-,22+/m0/s1. The molecule has 11 heteroatoms. The Hall–Kier alpha value is -3.76. The molecule has 36 heavy (non-hydrogen) atoms. The monoisotopic (exact) mass is 503 g/mol. The van der Waals surface area contributed by atoms with Crippen molar-refractivity contribution in [3.05, 3.63) is 71.7 Å². The number of methoxy groups -OCH3 is 1. The van der Waals surface area contributed by atoms with Crippen molar-refractivity contribution in [2.75, 3.05) is 43.5 Å². The maximum Gasteiger partial charge on any atom is 0.410 e. The largest absolute Gasteiger partial charge is 0.497 e. The molecule has 2 aliphatic heterocycles. The summed E-state index contributed by atoms with van der Waals surface area (Å²) >= 11 is 0. The molecular weight excluding hydrogens is 478 g/mol. The van der Waals surface area contributed by atoms with Crippen LogP contribution in [0.5, 0.6) is 5.75 Å². The van der Waals surface area contributed by atoms with E-state index in [0.717, 1.165) is 10.4 Å². The SMILES string of the molecule is COc1cccc([C@@H]2C[C@H](C(F)(F)F)n3ncc(C(=O)N4CCN(c5ccc(F)cc5)CC4)c3N2)c1. The highest BCUT2D eigenvalue weighted by Gasteiger charge is 2.47. The highest BCUT2D eigenvalue weighted by Crippen LogP contribution is 2.44. The van der Waals surface area contributed by atoms with Crippen molar-refractivity contribution in [2.45, 2.75) is 24.7 Å². The summed E-state index contributed by atoms with van der Waals surface area (Å²) in [5, 5.41) is 7.10. The molecule has 7 nitrogen and oxygen atoms in total. The van der Waals surface area contributed by atoms with Crippen molar-refractivity contribution in [3.8, 4) is 5.75 Å². The topological polar surface area (TPSA) is 62.6 Å². The Bertz CT molecular complexity index is 1240. The molecule has 1 N–H and O–H groups in total. The van der Waals surface area contributed by atoms with Crippen molar-refractivity contribution in [3.63, 3.8) is 0 Å². The van der Waals surface area contributed by atoms with E-state index in [9.17, 15) is 22.4 Å². The van der Waals surface area contributed by atoms with Gasteiger partial charge in [-0.25, -0.2) is 9.07 Å². The average Bonchev–Trinajstić information content (AvgIpc) is 3.31. The van der Waals surface area contributed by atoms with Gasteiger partial charge in [0.25, 0.3) is 5.91 Å². The molecule has 3 heterocycles. The first-order chi connectivity index (χ1) is 17.2. The number of halogens is 4. The van der Waals surface area contributed by atoms with Crippen LogP contribution in [-0.4, -0.2) is 60.1 Å². The minimum Gasteiger partial charge on any atom is -0.497 e. The first-order valence-corrected chi connectivity index (χ1v) is 11.6. The molecular formula is C25H25F4N5O2. The van der Waals surface area contributed by atoms with Crippen LogP contribution in [0.3, 0.4) is 0 Å². The summed E-state index contributed by atoms with van der Waals surface area (Å²) in [5.41, 5.74) is 1.58. The number of anilines is 2. The van der Waals surface area contributed by atoms with E-state index in [2.05, 4.69) is 10.4 Å². The molecule has 0 unspecified atom stereocenters. The third-order valence-electron chi connectivity index (χ3n) is 6.72. The summed E-state index contributed by atoms with van der Waals surface area (Å²) in [5.74, 6) is -0.111.